The highest BCUT2D eigenvalue weighted by atomic mass is 32.2. The van der Waals surface area contributed by atoms with Crippen molar-refractivity contribution in [1.82, 2.24) is 4.90 Å². The molecule has 0 aromatic heterocycles. The van der Waals surface area contributed by atoms with Gasteiger partial charge in [0.25, 0.3) is 5.91 Å². The SMILES string of the molecule is O=C(CCCCCN1C(=O)/C(=C/c2ccc(O)cc2)SC1=S)Nc1ccccc1. The van der Waals surface area contributed by atoms with Crippen molar-refractivity contribution in [2.24, 2.45) is 0 Å². The highest BCUT2D eigenvalue weighted by Gasteiger charge is 2.31. The van der Waals surface area contributed by atoms with Gasteiger partial charge in [0.15, 0.2) is 0 Å². The van der Waals surface area contributed by atoms with Crippen LogP contribution in [0.15, 0.2) is 59.5 Å². The maximum Gasteiger partial charge on any atom is 0.266 e. The number of thioether (sulfide) groups is 1. The van der Waals surface area contributed by atoms with E-state index in [1.165, 1.54) is 11.8 Å². The second kappa shape index (κ2) is 10.2. The zero-order valence-corrected chi connectivity index (χ0v) is 17.5. The van der Waals surface area contributed by atoms with Gasteiger partial charge >= 0.3 is 0 Å². The molecule has 150 valence electrons. The third-order valence-corrected chi connectivity index (χ3v) is 5.79. The second-order valence-electron chi connectivity index (χ2n) is 6.65. The van der Waals surface area contributed by atoms with Gasteiger partial charge in [-0.15, -0.1) is 0 Å². The van der Waals surface area contributed by atoms with Gasteiger partial charge in [0.1, 0.15) is 10.1 Å². The van der Waals surface area contributed by atoms with Crippen LogP contribution in [0.4, 0.5) is 5.69 Å². The molecule has 0 unspecified atom stereocenters. The Hall–Kier alpha value is -2.64. The largest absolute Gasteiger partial charge is 0.508 e. The van der Waals surface area contributed by atoms with Crippen LogP contribution in [-0.4, -0.2) is 32.7 Å². The maximum absolute atomic E-state index is 12.6. The zero-order valence-electron chi connectivity index (χ0n) is 15.8. The number of thiocarbonyl (C=S) groups is 1. The van der Waals surface area contributed by atoms with Crippen LogP contribution < -0.4 is 5.32 Å². The number of hydrogen-bond acceptors (Lipinski definition) is 5. The number of nitrogens with one attached hydrogen (secondary N) is 1. The molecule has 0 aliphatic carbocycles. The molecule has 2 aromatic rings. The summed E-state index contributed by atoms with van der Waals surface area (Å²) in [6.07, 6.45) is 4.63. The summed E-state index contributed by atoms with van der Waals surface area (Å²) in [6.45, 7) is 0.553. The molecule has 1 heterocycles. The van der Waals surface area contributed by atoms with Gasteiger partial charge in [-0.1, -0.05) is 60.7 Å². The summed E-state index contributed by atoms with van der Waals surface area (Å²) in [5.74, 6) is 0.0979. The first-order chi connectivity index (χ1) is 14.0. The molecule has 0 bridgehead atoms. The second-order valence-corrected chi connectivity index (χ2v) is 8.33. The average molecular weight is 427 g/mol. The molecule has 2 N–H and O–H groups in total. The first-order valence-electron chi connectivity index (χ1n) is 9.42. The Bertz CT molecular complexity index is 911. The van der Waals surface area contributed by atoms with E-state index in [4.69, 9.17) is 12.2 Å². The van der Waals surface area contributed by atoms with Crippen molar-refractivity contribution in [2.75, 3.05) is 11.9 Å². The van der Waals surface area contributed by atoms with Crippen LogP contribution in [0.3, 0.4) is 0 Å². The number of para-hydroxylation sites is 1. The summed E-state index contributed by atoms with van der Waals surface area (Å²) in [7, 11) is 0. The molecule has 0 radical (unpaired) electrons. The molecule has 0 spiro atoms. The number of unbranched alkanes of at least 4 members (excludes halogenated alkanes) is 2. The standard InChI is InChI=1S/C22H22N2O3S2/c25-18-12-10-16(11-13-18)15-19-21(27)24(22(28)29-19)14-6-2-5-9-20(26)23-17-7-3-1-4-8-17/h1,3-4,7-8,10-13,15,25H,2,5-6,9,14H2,(H,23,26)/b19-15-. The Morgan fingerprint density at radius 2 is 1.79 bits per heavy atom. The van der Waals surface area contributed by atoms with E-state index in [0.717, 1.165) is 30.5 Å². The number of phenolic OH excluding ortho intramolecular Hbond substituents is 1. The van der Waals surface area contributed by atoms with Crippen LogP contribution >= 0.6 is 24.0 Å². The van der Waals surface area contributed by atoms with E-state index in [-0.39, 0.29) is 17.6 Å². The Balaban J connectivity index is 1.41. The first kappa shape index (κ1) is 21.1. The number of carbonyl (C=O) groups is 2. The van der Waals surface area contributed by atoms with Crippen LogP contribution in [0.1, 0.15) is 31.2 Å². The topological polar surface area (TPSA) is 69.6 Å². The summed E-state index contributed by atoms with van der Waals surface area (Å²) in [4.78, 5) is 26.8. The Morgan fingerprint density at radius 1 is 1.07 bits per heavy atom. The van der Waals surface area contributed by atoms with Crippen molar-refractivity contribution >= 4 is 51.9 Å². The lowest BCUT2D eigenvalue weighted by atomic mass is 10.1. The summed E-state index contributed by atoms with van der Waals surface area (Å²) in [5.41, 5.74) is 1.64. The van der Waals surface area contributed by atoms with Crippen LogP contribution in [0.5, 0.6) is 5.75 Å². The molecule has 0 atom stereocenters. The lowest BCUT2D eigenvalue weighted by molar-refractivity contribution is -0.122. The lowest BCUT2D eigenvalue weighted by Gasteiger charge is -2.14. The number of anilines is 1. The Morgan fingerprint density at radius 3 is 2.52 bits per heavy atom. The molecule has 2 amide bonds. The van der Waals surface area contributed by atoms with E-state index >= 15 is 0 Å². The van der Waals surface area contributed by atoms with Crippen LogP contribution in [0.2, 0.25) is 0 Å². The molecule has 3 rings (SSSR count). The predicted molar refractivity (Wildman–Crippen MR) is 122 cm³/mol. The molecule has 5 nitrogen and oxygen atoms in total. The molecule has 1 fully saturated rings. The van der Waals surface area contributed by atoms with Gasteiger partial charge in [0.05, 0.1) is 4.91 Å². The van der Waals surface area contributed by atoms with Crippen LogP contribution in [0.25, 0.3) is 6.08 Å². The van der Waals surface area contributed by atoms with Crippen LogP contribution in [-0.2, 0) is 9.59 Å². The minimum absolute atomic E-state index is 0.00126. The number of aromatic hydroxyl groups is 1. The molecule has 7 heteroatoms. The average Bonchev–Trinajstić information content (AvgIpc) is 2.97. The number of amides is 2. The number of nitrogens with zero attached hydrogens (tertiary/aromatic N) is 1. The monoisotopic (exact) mass is 426 g/mol. The van der Waals surface area contributed by atoms with Crippen molar-refractivity contribution in [3.8, 4) is 5.75 Å². The van der Waals surface area contributed by atoms with Crippen LogP contribution in [0, 0.1) is 0 Å². The lowest BCUT2D eigenvalue weighted by Crippen LogP contribution is -2.29. The number of benzene rings is 2. The number of rotatable bonds is 8. The van der Waals surface area contributed by atoms with Gasteiger partial charge in [-0.3, -0.25) is 14.5 Å². The van der Waals surface area contributed by atoms with E-state index in [1.807, 2.05) is 30.3 Å². The maximum atomic E-state index is 12.6. The van der Waals surface area contributed by atoms with Gasteiger partial charge < -0.3 is 10.4 Å². The quantitative estimate of drug-likeness (QED) is 0.361. The number of phenols is 1. The van der Waals surface area contributed by atoms with Gasteiger partial charge in [0, 0.05) is 18.7 Å². The van der Waals surface area contributed by atoms with Crippen molar-refractivity contribution in [2.45, 2.75) is 25.7 Å². The number of hydrogen-bond donors (Lipinski definition) is 2. The predicted octanol–water partition coefficient (Wildman–Crippen LogP) is 4.79. The van der Waals surface area contributed by atoms with Gasteiger partial charge in [-0.05, 0) is 48.7 Å². The third kappa shape index (κ3) is 6.17. The van der Waals surface area contributed by atoms with Gasteiger partial charge in [-0.2, -0.15) is 0 Å². The highest BCUT2D eigenvalue weighted by molar-refractivity contribution is 8.26. The Labute approximate surface area is 179 Å². The molecule has 2 aromatic carbocycles. The fourth-order valence-corrected chi connectivity index (χ4v) is 4.20. The normalized spacial score (nSPS) is 15.2. The molecule has 1 aliphatic heterocycles. The molecule has 1 saturated heterocycles. The fraction of sp³-hybridized carbons (Fsp3) is 0.227. The van der Waals surface area contributed by atoms with Crippen molar-refractivity contribution in [3.05, 3.63) is 65.1 Å². The molecular weight excluding hydrogens is 404 g/mol. The summed E-state index contributed by atoms with van der Waals surface area (Å²) < 4.78 is 0.557. The zero-order chi connectivity index (χ0) is 20.6. The molecule has 1 aliphatic rings. The Kier molecular flexibility index (Phi) is 7.43. The molecular formula is C22H22N2O3S2. The first-order valence-corrected chi connectivity index (χ1v) is 10.6. The van der Waals surface area contributed by atoms with Gasteiger partial charge in [-0.25, -0.2) is 0 Å². The van der Waals surface area contributed by atoms with E-state index in [0.29, 0.717) is 22.2 Å². The van der Waals surface area contributed by atoms with Crippen molar-refractivity contribution in [3.63, 3.8) is 0 Å². The van der Waals surface area contributed by atoms with E-state index in [1.54, 1.807) is 35.2 Å². The smallest absolute Gasteiger partial charge is 0.266 e. The van der Waals surface area contributed by atoms with Crippen molar-refractivity contribution in [1.29, 1.82) is 0 Å². The minimum Gasteiger partial charge on any atom is -0.508 e. The fourth-order valence-electron chi connectivity index (χ4n) is 2.89. The summed E-state index contributed by atoms with van der Waals surface area (Å²) >= 11 is 6.64. The molecule has 29 heavy (non-hydrogen) atoms. The van der Waals surface area contributed by atoms with E-state index in [9.17, 15) is 14.7 Å². The minimum atomic E-state index is -0.0881. The molecule has 0 saturated carbocycles. The van der Waals surface area contributed by atoms with E-state index in [2.05, 4.69) is 5.32 Å². The summed E-state index contributed by atoms with van der Waals surface area (Å²) in [5, 5.41) is 12.2. The highest BCUT2D eigenvalue weighted by Crippen LogP contribution is 2.33. The van der Waals surface area contributed by atoms with E-state index < -0.39 is 0 Å². The number of carbonyl (C=O) groups excluding carboxylic acids is 2. The van der Waals surface area contributed by atoms with Gasteiger partial charge in [0.2, 0.25) is 5.91 Å². The van der Waals surface area contributed by atoms with Crippen molar-refractivity contribution < 1.29 is 14.7 Å². The summed E-state index contributed by atoms with van der Waals surface area (Å²) in [6, 6.07) is 16.1. The third-order valence-electron chi connectivity index (χ3n) is 4.41.